The van der Waals surface area contributed by atoms with E-state index in [-0.39, 0.29) is 11.7 Å². The van der Waals surface area contributed by atoms with Crippen molar-refractivity contribution in [3.8, 4) is 0 Å². The Hall–Kier alpha value is -1.18. The molecule has 1 fully saturated rings. The minimum Gasteiger partial charge on any atom is -0.299 e. The maximum absolute atomic E-state index is 12.9. The van der Waals surface area contributed by atoms with E-state index in [1.54, 1.807) is 6.07 Å². The molecule has 1 aliphatic rings. The summed E-state index contributed by atoms with van der Waals surface area (Å²) in [6.45, 7) is 0. The second kappa shape index (κ2) is 4.56. The van der Waals surface area contributed by atoms with E-state index >= 15 is 0 Å². The van der Waals surface area contributed by atoms with Crippen molar-refractivity contribution in [2.75, 3.05) is 0 Å². The Morgan fingerprint density at radius 2 is 2.20 bits per heavy atom. The topological polar surface area (TPSA) is 17.1 Å². The number of halogens is 1. The Labute approximate surface area is 89.3 Å². The van der Waals surface area contributed by atoms with Crippen LogP contribution in [0, 0.1) is 11.7 Å². The maximum atomic E-state index is 12.9. The van der Waals surface area contributed by atoms with E-state index in [0.717, 1.165) is 24.8 Å². The second-order valence-corrected chi connectivity index (χ2v) is 4.24. The molecule has 0 aliphatic heterocycles. The third-order valence-electron chi connectivity index (χ3n) is 3.05. The van der Waals surface area contributed by atoms with Crippen LogP contribution in [0.3, 0.4) is 0 Å². The van der Waals surface area contributed by atoms with Crippen molar-refractivity contribution in [3.63, 3.8) is 0 Å². The zero-order valence-corrected chi connectivity index (χ0v) is 8.71. The molecule has 0 aromatic heterocycles. The van der Waals surface area contributed by atoms with Crippen LogP contribution in [-0.4, -0.2) is 5.78 Å². The molecule has 0 unspecified atom stereocenters. The zero-order valence-electron chi connectivity index (χ0n) is 8.71. The fourth-order valence-electron chi connectivity index (χ4n) is 2.22. The average Bonchev–Trinajstić information content (AvgIpc) is 2.22. The Kier molecular flexibility index (Phi) is 3.14. The third-order valence-corrected chi connectivity index (χ3v) is 3.05. The van der Waals surface area contributed by atoms with E-state index in [4.69, 9.17) is 0 Å². The number of hydrogen-bond donors (Lipinski definition) is 0. The highest BCUT2D eigenvalue weighted by atomic mass is 19.1. The summed E-state index contributed by atoms with van der Waals surface area (Å²) < 4.78 is 12.9. The molecule has 80 valence electrons. The molecule has 1 aromatic rings. The van der Waals surface area contributed by atoms with Crippen LogP contribution in [0.25, 0.3) is 0 Å². The van der Waals surface area contributed by atoms with Crippen molar-refractivity contribution in [2.24, 2.45) is 5.92 Å². The number of ketones is 1. The van der Waals surface area contributed by atoms with Gasteiger partial charge in [0, 0.05) is 12.3 Å². The van der Waals surface area contributed by atoms with Gasteiger partial charge < -0.3 is 0 Å². The summed E-state index contributed by atoms with van der Waals surface area (Å²) in [5, 5.41) is 0. The summed E-state index contributed by atoms with van der Waals surface area (Å²) in [5.74, 6) is 0.266. The largest absolute Gasteiger partial charge is 0.299 e. The van der Waals surface area contributed by atoms with Gasteiger partial charge in [0.1, 0.15) is 11.6 Å². The Morgan fingerprint density at radius 1 is 1.33 bits per heavy atom. The van der Waals surface area contributed by atoms with E-state index in [9.17, 15) is 9.18 Å². The fraction of sp³-hybridized carbons (Fsp3) is 0.462. The molecule has 0 saturated heterocycles. The number of rotatable bonds is 2. The quantitative estimate of drug-likeness (QED) is 0.726. The van der Waals surface area contributed by atoms with Gasteiger partial charge in [0.15, 0.2) is 0 Å². The van der Waals surface area contributed by atoms with Crippen LogP contribution < -0.4 is 0 Å². The van der Waals surface area contributed by atoms with Gasteiger partial charge in [0.25, 0.3) is 0 Å². The van der Waals surface area contributed by atoms with Crippen molar-refractivity contribution >= 4 is 5.78 Å². The van der Waals surface area contributed by atoms with Crippen LogP contribution >= 0.6 is 0 Å². The minimum atomic E-state index is -0.212. The summed E-state index contributed by atoms with van der Waals surface area (Å²) in [6, 6.07) is 6.57. The molecule has 0 radical (unpaired) electrons. The van der Waals surface area contributed by atoms with Crippen LogP contribution in [0.2, 0.25) is 0 Å². The number of Topliss-reactive ketones (excluding diaryl/α,β-unsaturated/α-hetero) is 1. The van der Waals surface area contributed by atoms with Crippen molar-refractivity contribution in [1.82, 2.24) is 0 Å². The smallest absolute Gasteiger partial charge is 0.136 e. The van der Waals surface area contributed by atoms with Crippen molar-refractivity contribution in [3.05, 3.63) is 35.6 Å². The van der Waals surface area contributed by atoms with Crippen LogP contribution in [-0.2, 0) is 11.2 Å². The van der Waals surface area contributed by atoms with Gasteiger partial charge >= 0.3 is 0 Å². The summed E-state index contributed by atoms with van der Waals surface area (Å²) in [6.07, 6.45) is 4.54. The van der Waals surface area contributed by atoms with Gasteiger partial charge in [-0.1, -0.05) is 18.6 Å². The highest BCUT2D eigenvalue weighted by Crippen LogP contribution is 2.24. The van der Waals surface area contributed by atoms with Crippen LogP contribution in [0.5, 0.6) is 0 Å². The van der Waals surface area contributed by atoms with E-state index in [1.807, 2.05) is 6.07 Å². The third kappa shape index (κ3) is 2.65. The first-order chi connectivity index (χ1) is 7.25. The van der Waals surface area contributed by atoms with Crippen molar-refractivity contribution in [1.29, 1.82) is 0 Å². The maximum Gasteiger partial charge on any atom is 0.136 e. The van der Waals surface area contributed by atoms with Gasteiger partial charge in [0.2, 0.25) is 0 Å². The molecule has 1 nitrogen and oxygen atoms in total. The van der Waals surface area contributed by atoms with Gasteiger partial charge in [-0.05, 0) is 37.0 Å². The van der Waals surface area contributed by atoms with Gasteiger partial charge in [-0.3, -0.25) is 4.79 Å². The van der Waals surface area contributed by atoms with Crippen LogP contribution in [0.4, 0.5) is 4.39 Å². The van der Waals surface area contributed by atoms with Gasteiger partial charge in [-0.2, -0.15) is 0 Å². The Morgan fingerprint density at radius 3 is 2.93 bits per heavy atom. The Balaban J connectivity index is 2.04. The average molecular weight is 206 g/mol. The first-order valence-electron chi connectivity index (χ1n) is 5.53. The molecule has 0 spiro atoms. The van der Waals surface area contributed by atoms with Gasteiger partial charge in [-0.25, -0.2) is 4.39 Å². The highest BCUT2D eigenvalue weighted by molar-refractivity contribution is 5.81. The number of carbonyl (C=O) groups excluding carboxylic acids is 1. The van der Waals surface area contributed by atoms with E-state index < -0.39 is 0 Å². The molecule has 1 atom stereocenters. The SMILES string of the molecule is O=C1CCCC[C@@H]1Cc1cccc(F)c1. The van der Waals surface area contributed by atoms with Crippen LogP contribution in [0.1, 0.15) is 31.2 Å². The summed E-state index contributed by atoms with van der Waals surface area (Å²) in [7, 11) is 0. The fourth-order valence-corrected chi connectivity index (χ4v) is 2.22. The number of hydrogen-bond acceptors (Lipinski definition) is 1. The summed E-state index contributed by atoms with van der Waals surface area (Å²) in [5.41, 5.74) is 0.940. The lowest BCUT2D eigenvalue weighted by molar-refractivity contribution is -0.124. The van der Waals surface area contributed by atoms with Gasteiger partial charge in [0.05, 0.1) is 0 Å². The number of carbonyl (C=O) groups is 1. The summed E-state index contributed by atoms with van der Waals surface area (Å²) >= 11 is 0. The van der Waals surface area contributed by atoms with E-state index in [0.29, 0.717) is 18.6 Å². The monoisotopic (exact) mass is 206 g/mol. The van der Waals surface area contributed by atoms with Crippen molar-refractivity contribution in [2.45, 2.75) is 32.1 Å². The molecule has 15 heavy (non-hydrogen) atoms. The normalized spacial score (nSPS) is 21.7. The molecular weight excluding hydrogens is 191 g/mol. The predicted molar refractivity (Wildman–Crippen MR) is 57.1 cm³/mol. The molecule has 0 amide bonds. The first-order valence-corrected chi connectivity index (χ1v) is 5.53. The Bertz CT molecular complexity index is 359. The molecule has 1 saturated carbocycles. The lowest BCUT2D eigenvalue weighted by Crippen LogP contribution is -2.21. The molecule has 2 heteroatoms. The number of benzene rings is 1. The molecule has 2 rings (SSSR count). The van der Waals surface area contributed by atoms with E-state index in [2.05, 4.69) is 0 Å². The highest BCUT2D eigenvalue weighted by Gasteiger charge is 2.22. The predicted octanol–water partition coefficient (Wildman–Crippen LogP) is 3.13. The van der Waals surface area contributed by atoms with Crippen LogP contribution in [0.15, 0.2) is 24.3 Å². The van der Waals surface area contributed by atoms with E-state index in [1.165, 1.54) is 12.1 Å². The molecule has 1 aromatic carbocycles. The lowest BCUT2D eigenvalue weighted by atomic mass is 9.84. The second-order valence-electron chi connectivity index (χ2n) is 4.24. The lowest BCUT2D eigenvalue weighted by Gasteiger charge is -2.20. The van der Waals surface area contributed by atoms with Gasteiger partial charge in [-0.15, -0.1) is 0 Å². The minimum absolute atomic E-state index is 0.126. The van der Waals surface area contributed by atoms with Crippen molar-refractivity contribution < 1.29 is 9.18 Å². The standard InChI is InChI=1S/C13H15FO/c14-12-6-3-4-10(9-12)8-11-5-1-2-7-13(11)15/h3-4,6,9,11H,1-2,5,7-8H2/t11-/m1/s1. The first kappa shape index (κ1) is 10.3. The zero-order chi connectivity index (χ0) is 10.7. The molecule has 0 N–H and O–H groups in total. The summed E-state index contributed by atoms with van der Waals surface area (Å²) in [4.78, 5) is 11.6. The molecular formula is C13H15FO. The molecule has 0 bridgehead atoms. The molecule has 1 aliphatic carbocycles. The molecule has 0 heterocycles.